The van der Waals surface area contributed by atoms with E-state index in [1.165, 1.54) is 0 Å². The topological polar surface area (TPSA) is 44.4 Å². The Kier molecular flexibility index (Phi) is 3.92. The van der Waals surface area contributed by atoms with Crippen molar-refractivity contribution in [3.05, 3.63) is 22.2 Å². The first-order valence-electron chi connectivity index (χ1n) is 5.44. The predicted molar refractivity (Wildman–Crippen MR) is 69.1 cm³/mol. The van der Waals surface area contributed by atoms with Gasteiger partial charge in [0.15, 0.2) is 0 Å². The molecule has 7 heteroatoms. The monoisotopic (exact) mass is 306 g/mol. The highest BCUT2D eigenvalue weighted by molar-refractivity contribution is 6.42. The van der Waals surface area contributed by atoms with Crippen molar-refractivity contribution in [1.29, 1.82) is 0 Å². The summed E-state index contributed by atoms with van der Waals surface area (Å²) in [6.45, 7) is 2.32. The Bertz CT molecular complexity index is 495. The zero-order valence-corrected chi connectivity index (χ0v) is 11.6. The Morgan fingerprint density at radius 1 is 1.28 bits per heavy atom. The van der Waals surface area contributed by atoms with Crippen molar-refractivity contribution in [1.82, 2.24) is 5.32 Å². The molecule has 2 N–H and O–H groups in total. The fraction of sp³-hybridized carbons (Fsp3) is 0.364. The van der Waals surface area contributed by atoms with Crippen molar-refractivity contribution in [2.75, 3.05) is 29.9 Å². The van der Waals surface area contributed by atoms with Gasteiger partial charge in [-0.15, -0.1) is 0 Å². The summed E-state index contributed by atoms with van der Waals surface area (Å²) in [6, 6.07) is 3.36. The van der Waals surface area contributed by atoms with Crippen LogP contribution in [-0.4, -0.2) is 31.6 Å². The van der Waals surface area contributed by atoms with Gasteiger partial charge >= 0.3 is 0 Å². The Morgan fingerprint density at radius 3 is 2.78 bits per heavy atom. The molecule has 0 radical (unpaired) electrons. The maximum atomic E-state index is 11.9. The molecule has 2 aliphatic heterocycles. The maximum absolute atomic E-state index is 11.9. The molecule has 2 aliphatic rings. The van der Waals surface area contributed by atoms with E-state index in [0.29, 0.717) is 16.6 Å². The molecule has 1 fully saturated rings. The number of hydrogen-bond donors (Lipinski definition) is 2. The highest BCUT2D eigenvalue weighted by Crippen LogP contribution is 2.38. The first-order chi connectivity index (χ1) is 8.16. The van der Waals surface area contributed by atoms with E-state index in [2.05, 4.69) is 15.5 Å². The molecular weight excluding hydrogens is 296 g/mol. The minimum absolute atomic E-state index is 0. The van der Waals surface area contributed by atoms with E-state index in [0.717, 1.165) is 24.5 Å². The lowest BCUT2D eigenvalue weighted by molar-refractivity contribution is -0.117. The number of anilines is 2. The quantitative estimate of drug-likeness (QED) is 0.628. The van der Waals surface area contributed by atoms with Crippen LogP contribution in [0.2, 0.25) is 10.0 Å². The number of benzene rings is 1. The number of amides is 1. The first kappa shape index (κ1) is 13.7. The molecular formula is C11H11Cl3N3O-. The van der Waals surface area contributed by atoms with Crippen LogP contribution in [0.3, 0.4) is 0 Å². The van der Waals surface area contributed by atoms with Crippen molar-refractivity contribution in [2.45, 2.75) is 6.04 Å². The van der Waals surface area contributed by atoms with Crippen molar-refractivity contribution >= 4 is 40.5 Å². The Hall–Kier alpha value is -0.680. The molecule has 0 spiro atoms. The third-order valence-corrected chi connectivity index (χ3v) is 3.87. The third-order valence-electron chi connectivity index (χ3n) is 3.15. The summed E-state index contributed by atoms with van der Waals surface area (Å²) in [5, 5.41) is 7.04. The van der Waals surface area contributed by atoms with Gasteiger partial charge in [-0.3, -0.25) is 4.79 Å². The van der Waals surface area contributed by atoms with Crippen molar-refractivity contribution < 1.29 is 17.2 Å². The summed E-state index contributed by atoms with van der Waals surface area (Å²) in [5.41, 5.74) is 1.69. The number of carbonyl (C=O) groups excluding carboxylic acids is 1. The molecule has 1 saturated heterocycles. The lowest BCUT2D eigenvalue weighted by Gasteiger charge is -2.41. The number of nitrogens with zero attached hydrogens (tertiary/aromatic N) is 1. The number of halogens is 3. The lowest BCUT2D eigenvalue weighted by Crippen LogP contribution is -3.00. The molecule has 0 saturated carbocycles. The average Bonchev–Trinajstić information content (AvgIpc) is 2.32. The van der Waals surface area contributed by atoms with Gasteiger partial charge in [-0.05, 0) is 12.1 Å². The van der Waals surface area contributed by atoms with Gasteiger partial charge < -0.3 is 27.9 Å². The maximum Gasteiger partial charge on any atom is 0.248 e. The minimum atomic E-state index is -0.159. The van der Waals surface area contributed by atoms with E-state index in [9.17, 15) is 4.79 Å². The van der Waals surface area contributed by atoms with Gasteiger partial charge in [0.1, 0.15) is 6.04 Å². The van der Waals surface area contributed by atoms with E-state index < -0.39 is 0 Å². The van der Waals surface area contributed by atoms with Gasteiger partial charge in [-0.1, -0.05) is 23.2 Å². The molecule has 1 amide bonds. The Balaban J connectivity index is 0.00000120. The molecule has 0 aromatic heterocycles. The molecule has 3 rings (SSSR count). The lowest BCUT2D eigenvalue weighted by atomic mass is 10.1. The molecule has 1 aromatic rings. The third kappa shape index (κ3) is 2.14. The number of carbonyl (C=O) groups is 1. The fourth-order valence-corrected chi connectivity index (χ4v) is 2.64. The van der Waals surface area contributed by atoms with E-state index in [-0.39, 0.29) is 24.4 Å². The number of fused-ring (bicyclic) bond motifs is 3. The smallest absolute Gasteiger partial charge is 0.248 e. The molecule has 1 unspecified atom stereocenters. The summed E-state index contributed by atoms with van der Waals surface area (Å²) in [6.07, 6.45) is 0. The van der Waals surface area contributed by atoms with E-state index in [4.69, 9.17) is 23.2 Å². The largest absolute Gasteiger partial charge is 1.00 e. The average molecular weight is 308 g/mol. The Morgan fingerprint density at radius 2 is 2.00 bits per heavy atom. The number of rotatable bonds is 0. The number of nitrogens with one attached hydrogen (secondary N) is 2. The summed E-state index contributed by atoms with van der Waals surface area (Å²) < 4.78 is 0. The molecule has 0 bridgehead atoms. The molecule has 1 atom stereocenters. The molecule has 4 nitrogen and oxygen atoms in total. The molecule has 98 valence electrons. The van der Waals surface area contributed by atoms with Gasteiger partial charge in [-0.25, -0.2) is 0 Å². The van der Waals surface area contributed by atoms with Crippen LogP contribution in [0.5, 0.6) is 0 Å². The van der Waals surface area contributed by atoms with Crippen molar-refractivity contribution in [2.24, 2.45) is 0 Å². The van der Waals surface area contributed by atoms with Gasteiger partial charge in [0.25, 0.3) is 0 Å². The normalized spacial score (nSPS) is 21.6. The van der Waals surface area contributed by atoms with E-state index in [1.54, 1.807) is 6.07 Å². The zero-order chi connectivity index (χ0) is 12.0. The van der Waals surface area contributed by atoms with Crippen LogP contribution in [0.4, 0.5) is 11.4 Å². The summed E-state index contributed by atoms with van der Waals surface area (Å²) in [5.74, 6) is 0.00286. The summed E-state index contributed by atoms with van der Waals surface area (Å²) in [4.78, 5) is 14.0. The van der Waals surface area contributed by atoms with E-state index in [1.807, 2.05) is 6.07 Å². The fourth-order valence-electron chi connectivity index (χ4n) is 2.32. The number of hydrogen-bond acceptors (Lipinski definition) is 3. The van der Waals surface area contributed by atoms with Gasteiger partial charge in [-0.2, -0.15) is 0 Å². The highest BCUT2D eigenvalue weighted by Gasteiger charge is 2.34. The zero-order valence-electron chi connectivity index (χ0n) is 9.34. The van der Waals surface area contributed by atoms with Crippen molar-refractivity contribution in [3.8, 4) is 0 Å². The van der Waals surface area contributed by atoms with Gasteiger partial charge in [0.2, 0.25) is 5.91 Å². The minimum Gasteiger partial charge on any atom is -1.00 e. The number of piperazine rings is 1. The first-order valence-corrected chi connectivity index (χ1v) is 6.19. The standard InChI is InChI=1S/C11H11Cl2N3O.ClH/c12-6-3-8-9(4-7(6)13)16-2-1-14-5-10(16)11(17)15-8;/h3-4,10,14H,1-2,5H2,(H,15,17);1H/p-1. The van der Waals surface area contributed by atoms with Gasteiger partial charge in [0, 0.05) is 19.6 Å². The molecule has 1 aromatic carbocycles. The SMILES string of the molecule is O=C1Nc2cc(Cl)c(Cl)cc2N2CCNCC12.[Cl-]. The van der Waals surface area contributed by atoms with E-state index >= 15 is 0 Å². The highest BCUT2D eigenvalue weighted by atomic mass is 35.5. The van der Waals surface area contributed by atoms with Crippen molar-refractivity contribution in [3.63, 3.8) is 0 Å². The van der Waals surface area contributed by atoms with Crippen LogP contribution in [-0.2, 0) is 4.79 Å². The second-order valence-electron chi connectivity index (χ2n) is 4.19. The van der Waals surface area contributed by atoms with Crippen LogP contribution in [0, 0.1) is 0 Å². The Labute approximate surface area is 121 Å². The second kappa shape index (κ2) is 5.13. The summed E-state index contributed by atoms with van der Waals surface area (Å²) in [7, 11) is 0. The summed E-state index contributed by atoms with van der Waals surface area (Å²) >= 11 is 12.0. The van der Waals surface area contributed by atoms with Crippen LogP contribution in [0.1, 0.15) is 0 Å². The molecule has 18 heavy (non-hydrogen) atoms. The van der Waals surface area contributed by atoms with Gasteiger partial charge in [0.05, 0.1) is 21.4 Å². The predicted octanol–water partition coefficient (Wildman–Crippen LogP) is -1.27. The molecule has 2 heterocycles. The van der Waals surface area contributed by atoms with Crippen LogP contribution in [0.15, 0.2) is 12.1 Å². The molecule has 0 aliphatic carbocycles. The van der Waals surface area contributed by atoms with Crippen LogP contribution in [0.25, 0.3) is 0 Å². The van der Waals surface area contributed by atoms with Crippen LogP contribution >= 0.6 is 23.2 Å². The second-order valence-corrected chi connectivity index (χ2v) is 5.00. The van der Waals surface area contributed by atoms with Crippen LogP contribution < -0.4 is 27.9 Å².